The molecule has 2 N–H and O–H groups in total. The highest BCUT2D eigenvalue weighted by atomic mass is 16.3. The van der Waals surface area contributed by atoms with Crippen LogP contribution in [0.4, 0.5) is 0 Å². The van der Waals surface area contributed by atoms with Crippen LogP contribution in [0, 0.1) is 18.8 Å². The van der Waals surface area contributed by atoms with Crippen molar-refractivity contribution in [2.45, 2.75) is 51.7 Å². The Balaban J connectivity index is 2.67. The van der Waals surface area contributed by atoms with Gasteiger partial charge in [-0.1, -0.05) is 36.1 Å². The molecule has 2 nitrogen and oxygen atoms in total. The predicted octanol–water partition coefficient (Wildman–Crippen LogP) is 2.45. The summed E-state index contributed by atoms with van der Waals surface area (Å²) in [5.74, 6) is 5.41. The average molecular weight is 246 g/mol. The van der Waals surface area contributed by atoms with Crippen LogP contribution >= 0.6 is 0 Å². The highest BCUT2D eigenvalue weighted by Crippen LogP contribution is 2.16. The minimum atomic E-state index is -1.07. The van der Waals surface area contributed by atoms with Gasteiger partial charge in [-0.3, -0.25) is 0 Å². The molecule has 0 heterocycles. The fourth-order valence-electron chi connectivity index (χ4n) is 1.62. The Morgan fingerprint density at radius 3 is 2.22 bits per heavy atom. The summed E-state index contributed by atoms with van der Waals surface area (Å²) in [7, 11) is 0. The molecular formula is C16H22O2. The first-order valence-electron chi connectivity index (χ1n) is 6.23. The van der Waals surface area contributed by atoms with E-state index in [2.05, 4.69) is 30.9 Å². The van der Waals surface area contributed by atoms with Gasteiger partial charge in [0.25, 0.3) is 0 Å². The van der Waals surface area contributed by atoms with Gasteiger partial charge < -0.3 is 10.2 Å². The molecular weight excluding hydrogens is 224 g/mol. The lowest BCUT2D eigenvalue weighted by molar-refractivity contribution is 0.108. The molecule has 0 aliphatic rings. The Bertz CT molecular complexity index is 456. The van der Waals surface area contributed by atoms with Gasteiger partial charge in [0.1, 0.15) is 11.2 Å². The van der Waals surface area contributed by atoms with E-state index in [4.69, 9.17) is 0 Å². The van der Waals surface area contributed by atoms with Crippen LogP contribution in [0.5, 0.6) is 0 Å². The van der Waals surface area contributed by atoms with Crippen LogP contribution in [0.25, 0.3) is 0 Å². The highest BCUT2D eigenvalue weighted by Gasteiger charge is 2.18. The first kappa shape index (κ1) is 14.8. The lowest BCUT2D eigenvalue weighted by Gasteiger charge is -2.18. The van der Waals surface area contributed by atoms with Gasteiger partial charge in [-0.2, -0.15) is 0 Å². The SMILES string of the molecule is Cc1ccccc1CCC(C)(O)C#CC(C)(C)O. The van der Waals surface area contributed by atoms with Crippen molar-refractivity contribution in [1.82, 2.24) is 0 Å². The van der Waals surface area contributed by atoms with E-state index in [1.807, 2.05) is 12.1 Å². The van der Waals surface area contributed by atoms with E-state index in [9.17, 15) is 10.2 Å². The summed E-state index contributed by atoms with van der Waals surface area (Å²) < 4.78 is 0. The van der Waals surface area contributed by atoms with Gasteiger partial charge in [0.15, 0.2) is 0 Å². The van der Waals surface area contributed by atoms with Gasteiger partial charge in [0.2, 0.25) is 0 Å². The number of benzene rings is 1. The Labute approximate surface area is 110 Å². The second-order valence-corrected chi connectivity index (χ2v) is 5.51. The third kappa shape index (κ3) is 5.35. The van der Waals surface area contributed by atoms with Crippen molar-refractivity contribution >= 4 is 0 Å². The third-order valence-corrected chi connectivity index (χ3v) is 2.78. The maximum absolute atomic E-state index is 10.1. The minimum absolute atomic E-state index is 0.556. The minimum Gasteiger partial charge on any atom is -0.378 e. The Morgan fingerprint density at radius 2 is 1.67 bits per heavy atom. The largest absolute Gasteiger partial charge is 0.378 e. The lowest BCUT2D eigenvalue weighted by Crippen LogP contribution is -2.25. The Morgan fingerprint density at radius 1 is 1.06 bits per heavy atom. The molecule has 1 aromatic carbocycles. The summed E-state index contributed by atoms with van der Waals surface area (Å²) in [6, 6.07) is 8.13. The first-order chi connectivity index (χ1) is 8.20. The van der Waals surface area contributed by atoms with Gasteiger partial charge >= 0.3 is 0 Å². The normalized spacial score (nSPS) is 14.6. The van der Waals surface area contributed by atoms with Crippen LogP contribution in [0.3, 0.4) is 0 Å². The van der Waals surface area contributed by atoms with E-state index in [0.717, 1.165) is 6.42 Å². The number of hydrogen-bond donors (Lipinski definition) is 2. The molecule has 18 heavy (non-hydrogen) atoms. The number of hydrogen-bond acceptors (Lipinski definition) is 2. The molecule has 0 spiro atoms. The van der Waals surface area contributed by atoms with Gasteiger partial charge in [-0.25, -0.2) is 0 Å². The molecule has 0 saturated carbocycles. The van der Waals surface area contributed by atoms with Crippen molar-refractivity contribution in [2.24, 2.45) is 0 Å². The van der Waals surface area contributed by atoms with Crippen LogP contribution < -0.4 is 0 Å². The second kappa shape index (κ2) is 5.56. The van der Waals surface area contributed by atoms with Crippen molar-refractivity contribution in [3.05, 3.63) is 35.4 Å². The average Bonchev–Trinajstić information content (AvgIpc) is 2.25. The van der Waals surface area contributed by atoms with Crippen LogP contribution in [0.2, 0.25) is 0 Å². The predicted molar refractivity (Wildman–Crippen MR) is 74.2 cm³/mol. The fraction of sp³-hybridized carbons (Fsp3) is 0.500. The standard InChI is InChI=1S/C16H22O2/c1-13-7-5-6-8-14(13)9-10-16(4,18)12-11-15(2,3)17/h5-8,17-18H,9-10H2,1-4H3. The van der Waals surface area contributed by atoms with E-state index in [-0.39, 0.29) is 0 Å². The third-order valence-electron chi connectivity index (χ3n) is 2.78. The molecule has 1 unspecified atom stereocenters. The van der Waals surface area contributed by atoms with Crippen molar-refractivity contribution < 1.29 is 10.2 Å². The van der Waals surface area contributed by atoms with Gasteiger partial charge in [-0.15, -0.1) is 0 Å². The van der Waals surface area contributed by atoms with Crippen molar-refractivity contribution in [1.29, 1.82) is 0 Å². The van der Waals surface area contributed by atoms with E-state index >= 15 is 0 Å². The van der Waals surface area contributed by atoms with Crippen LogP contribution in [0.15, 0.2) is 24.3 Å². The smallest absolute Gasteiger partial charge is 0.123 e. The summed E-state index contributed by atoms with van der Waals surface area (Å²) in [6.07, 6.45) is 1.33. The summed E-state index contributed by atoms with van der Waals surface area (Å²) in [6.45, 7) is 6.96. The van der Waals surface area contributed by atoms with E-state index in [1.165, 1.54) is 11.1 Å². The number of aliphatic hydroxyl groups is 2. The summed E-state index contributed by atoms with van der Waals surface area (Å²) in [5.41, 5.74) is 0.321. The quantitative estimate of drug-likeness (QED) is 0.804. The maximum atomic E-state index is 10.1. The van der Waals surface area contributed by atoms with E-state index < -0.39 is 11.2 Å². The highest BCUT2D eigenvalue weighted by molar-refractivity contribution is 5.27. The maximum Gasteiger partial charge on any atom is 0.123 e. The van der Waals surface area contributed by atoms with Crippen LogP contribution in [-0.2, 0) is 6.42 Å². The van der Waals surface area contributed by atoms with Crippen LogP contribution in [-0.4, -0.2) is 21.4 Å². The topological polar surface area (TPSA) is 40.5 Å². The molecule has 0 bridgehead atoms. The molecule has 0 aromatic heterocycles. The zero-order valence-electron chi connectivity index (χ0n) is 11.6. The lowest BCUT2D eigenvalue weighted by atomic mass is 9.94. The van der Waals surface area contributed by atoms with Crippen molar-refractivity contribution in [3.8, 4) is 11.8 Å². The molecule has 0 aliphatic heterocycles. The molecule has 98 valence electrons. The second-order valence-electron chi connectivity index (χ2n) is 5.51. The number of rotatable bonds is 3. The van der Waals surface area contributed by atoms with Gasteiger partial charge in [0, 0.05) is 0 Å². The van der Waals surface area contributed by atoms with Crippen molar-refractivity contribution in [3.63, 3.8) is 0 Å². The summed E-state index contributed by atoms with van der Waals surface area (Å²) in [5, 5.41) is 19.7. The molecule has 2 heteroatoms. The zero-order valence-corrected chi connectivity index (χ0v) is 11.6. The van der Waals surface area contributed by atoms with Crippen molar-refractivity contribution in [2.75, 3.05) is 0 Å². The zero-order chi connectivity index (χ0) is 13.8. The van der Waals surface area contributed by atoms with Crippen LogP contribution in [0.1, 0.15) is 38.3 Å². The number of aryl methyl sites for hydroxylation is 2. The van der Waals surface area contributed by atoms with E-state index in [0.29, 0.717) is 6.42 Å². The molecule has 1 rings (SSSR count). The Kier molecular flexibility index (Phi) is 4.56. The molecule has 0 amide bonds. The molecule has 0 saturated heterocycles. The molecule has 1 atom stereocenters. The van der Waals surface area contributed by atoms with Gasteiger partial charge in [-0.05, 0) is 51.7 Å². The Hall–Kier alpha value is -1.30. The fourth-order valence-corrected chi connectivity index (χ4v) is 1.62. The summed E-state index contributed by atoms with van der Waals surface area (Å²) in [4.78, 5) is 0. The molecule has 0 aliphatic carbocycles. The van der Waals surface area contributed by atoms with E-state index in [1.54, 1.807) is 20.8 Å². The van der Waals surface area contributed by atoms with Gasteiger partial charge in [0.05, 0.1) is 0 Å². The monoisotopic (exact) mass is 246 g/mol. The molecule has 0 radical (unpaired) electrons. The first-order valence-corrected chi connectivity index (χ1v) is 6.23. The molecule has 1 aromatic rings. The molecule has 0 fully saturated rings. The summed E-state index contributed by atoms with van der Waals surface area (Å²) >= 11 is 0.